The molecule has 0 saturated carbocycles. The molecule has 3 aromatic rings. The highest BCUT2D eigenvalue weighted by molar-refractivity contribution is 6.51. The monoisotopic (exact) mass is 430 g/mol. The summed E-state index contributed by atoms with van der Waals surface area (Å²) < 4.78 is 10.6. The normalized spacial score (nSPS) is 17.5. The van der Waals surface area contributed by atoms with Crippen molar-refractivity contribution in [2.24, 2.45) is 0 Å². The second-order valence-electron chi connectivity index (χ2n) is 7.36. The van der Waals surface area contributed by atoms with E-state index in [2.05, 4.69) is 4.98 Å². The Kier molecular flexibility index (Phi) is 5.64. The van der Waals surface area contributed by atoms with Crippen molar-refractivity contribution in [1.29, 1.82) is 0 Å². The highest BCUT2D eigenvalue weighted by Gasteiger charge is 2.47. The van der Waals surface area contributed by atoms with Crippen LogP contribution in [0.1, 0.15) is 22.7 Å². The molecule has 1 saturated heterocycles. The third kappa shape index (κ3) is 3.58. The lowest BCUT2D eigenvalue weighted by Gasteiger charge is -2.25. The molecule has 1 aromatic heterocycles. The summed E-state index contributed by atoms with van der Waals surface area (Å²) in [6.07, 6.45) is 3.18. The number of methoxy groups -OCH3 is 2. The first-order valence-electron chi connectivity index (χ1n) is 9.96. The number of ketones is 1. The molecule has 7 nitrogen and oxygen atoms in total. The van der Waals surface area contributed by atoms with Crippen molar-refractivity contribution in [3.63, 3.8) is 0 Å². The van der Waals surface area contributed by atoms with Gasteiger partial charge in [0.2, 0.25) is 0 Å². The largest absolute Gasteiger partial charge is 0.507 e. The minimum Gasteiger partial charge on any atom is -0.507 e. The molecule has 1 amide bonds. The highest BCUT2D eigenvalue weighted by atomic mass is 16.5. The Bertz CT molecular complexity index is 1200. The number of carbonyl (C=O) groups is 2. The van der Waals surface area contributed by atoms with Crippen LogP contribution in [0.25, 0.3) is 5.76 Å². The average molecular weight is 430 g/mol. The van der Waals surface area contributed by atoms with Gasteiger partial charge >= 0.3 is 0 Å². The fraction of sp³-hybridized carbons (Fsp3) is 0.160. The van der Waals surface area contributed by atoms with Crippen LogP contribution in [0.5, 0.6) is 11.5 Å². The zero-order valence-electron chi connectivity index (χ0n) is 17.9. The van der Waals surface area contributed by atoms with Crippen LogP contribution in [0.4, 0.5) is 5.69 Å². The first kappa shape index (κ1) is 21.1. The molecule has 0 spiro atoms. The Morgan fingerprint density at radius 1 is 1.03 bits per heavy atom. The van der Waals surface area contributed by atoms with E-state index in [-0.39, 0.29) is 16.9 Å². The van der Waals surface area contributed by atoms with Crippen LogP contribution in [0.2, 0.25) is 0 Å². The number of aliphatic hydroxyl groups is 1. The number of anilines is 1. The van der Waals surface area contributed by atoms with Crippen molar-refractivity contribution in [2.75, 3.05) is 19.1 Å². The van der Waals surface area contributed by atoms with E-state index < -0.39 is 17.7 Å². The summed E-state index contributed by atoms with van der Waals surface area (Å²) in [6, 6.07) is 14.8. The van der Waals surface area contributed by atoms with Crippen LogP contribution in [0.3, 0.4) is 0 Å². The topological polar surface area (TPSA) is 89.0 Å². The maximum Gasteiger partial charge on any atom is 0.300 e. The number of rotatable bonds is 5. The Morgan fingerprint density at radius 3 is 2.41 bits per heavy atom. The number of ether oxygens (including phenoxy) is 2. The summed E-state index contributed by atoms with van der Waals surface area (Å²) in [5.74, 6) is -1.05. The number of pyridine rings is 1. The SMILES string of the molecule is COc1ccc(OC)c(/C(O)=C2\C(=O)C(=O)N(c3ccc(C)cc3)C2c2cccnc2)c1. The molecule has 1 fully saturated rings. The Morgan fingerprint density at radius 2 is 1.78 bits per heavy atom. The van der Waals surface area contributed by atoms with Crippen LogP contribution in [0.15, 0.2) is 72.6 Å². The van der Waals surface area contributed by atoms with Crippen molar-refractivity contribution in [3.8, 4) is 11.5 Å². The van der Waals surface area contributed by atoms with Gasteiger partial charge in [-0.3, -0.25) is 19.5 Å². The number of amides is 1. The number of benzene rings is 2. The van der Waals surface area contributed by atoms with Gasteiger partial charge in [-0.15, -0.1) is 0 Å². The lowest BCUT2D eigenvalue weighted by atomic mass is 9.95. The molecule has 2 heterocycles. The standard InChI is InChI=1S/C25H22N2O5/c1-15-6-8-17(9-7-15)27-22(16-5-4-12-26-14-16)21(24(29)25(27)30)23(28)19-13-18(31-2)10-11-20(19)32-3/h4-14,22,28H,1-3H3/b23-21+. The van der Waals surface area contributed by atoms with Crippen LogP contribution >= 0.6 is 0 Å². The number of aliphatic hydroxyl groups excluding tert-OH is 1. The summed E-state index contributed by atoms with van der Waals surface area (Å²) in [6.45, 7) is 1.94. The van der Waals surface area contributed by atoms with Crippen molar-refractivity contribution in [2.45, 2.75) is 13.0 Å². The quantitative estimate of drug-likeness (QED) is 0.373. The second-order valence-corrected chi connectivity index (χ2v) is 7.36. The molecule has 1 unspecified atom stereocenters. The van der Waals surface area contributed by atoms with Crippen molar-refractivity contribution < 1.29 is 24.2 Å². The Hall–Kier alpha value is -4.13. The number of hydrogen-bond acceptors (Lipinski definition) is 6. The summed E-state index contributed by atoms with van der Waals surface area (Å²) in [5, 5.41) is 11.3. The molecule has 0 aliphatic carbocycles. The zero-order chi connectivity index (χ0) is 22.8. The fourth-order valence-corrected chi connectivity index (χ4v) is 3.80. The van der Waals surface area contributed by atoms with Crippen LogP contribution in [0, 0.1) is 6.92 Å². The maximum atomic E-state index is 13.2. The second kappa shape index (κ2) is 8.55. The molecular formula is C25H22N2O5. The van der Waals surface area contributed by atoms with E-state index in [9.17, 15) is 14.7 Å². The summed E-state index contributed by atoms with van der Waals surface area (Å²) in [5.41, 5.74) is 2.36. The van der Waals surface area contributed by atoms with Crippen LogP contribution < -0.4 is 14.4 Å². The minimum absolute atomic E-state index is 0.0462. The fourth-order valence-electron chi connectivity index (χ4n) is 3.80. The van der Waals surface area contributed by atoms with E-state index in [1.54, 1.807) is 54.9 Å². The molecule has 2 aromatic carbocycles. The minimum atomic E-state index is -0.859. The third-order valence-electron chi connectivity index (χ3n) is 5.42. The highest BCUT2D eigenvalue weighted by Crippen LogP contribution is 2.43. The lowest BCUT2D eigenvalue weighted by Crippen LogP contribution is -2.29. The van der Waals surface area contributed by atoms with Gasteiger partial charge in [-0.1, -0.05) is 23.8 Å². The molecule has 1 atom stereocenters. The Balaban J connectivity index is 1.97. The summed E-state index contributed by atoms with van der Waals surface area (Å²) in [4.78, 5) is 31.9. The number of aromatic nitrogens is 1. The number of carbonyl (C=O) groups excluding carboxylic acids is 2. The van der Waals surface area contributed by atoms with Crippen molar-refractivity contribution in [3.05, 3.63) is 89.3 Å². The first-order chi connectivity index (χ1) is 15.5. The van der Waals surface area contributed by atoms with E-state index in [1.807, 2.05) is 19.1 Å². The molecule has 4 rings (SSSR count). The predicted molar refractivity (Wildman–Crippen MR) is 120 cm³/mol. The molecule has 1 aliphatic rings. The van der Waals surface area contributed by atoms with Gasteiger partial charge in [0.25, 0.3) is 11.7 Å². The van der Waals surface area contributed by atoms with Gasteiger partial charge < -0.3 is 14.6 Å². The van der Waals surface area contributed by atoms with E-state index in [0.29, 0.717) is 22.7 Å². The summed E-state index contributed by atoms with van der Waals surface area (Å²) in [7, 11) is 2.96. The molecular weight excluding hydrogens is 408 g/mol. The summed E-state index contributed by atoms with van der Waals surface area (Å²) >= 11 is 0. The van der Waals surface area contributed by atoms with Gasteiger partial charge in [0.15, 0.2) is 0 Å². The molecule has 0 bridgehead atoms. The number of nitrogens with zero attached hydrogens (tertiary/aromatic N) is 2. The van der Waals surface area contributed by atoms with Crippen LogP contribution in [-0.4, -0.2) is 36.0 Å². The van der Waals surface area contributed by atoms with Gasteiger partial charge in [0.05, 0.1) is 31.4 Å². The van der Waals surface area contributed by atoms with Crippen molar-refractivity contribution in [1.82, 2.24) is 4.98 Å². The van der Waals surface area contributed by atoms with Crippen LogP contribution in [-0.2, 0) is 9.59 Å². The number of hydrogen-bond donors (Lipinski definition) is 1. The smallest absolute Gasteiger partial charge is 0.300 e. The third-order valence-corrected chi connectivity index (χ3v) is 5.42. The molecule has 162 valence electrons. The van der Waals surface area contributed by atoms with Gasteiger partial charge in [-0.05, 0) is 48.9 Å². The molecule has 1 aliphatic heterocycles. The van der Waals surface area contributed by atoms with E-state index >= 15 is 0 Å². The first-order valence-corrected chi connectivity index (χ1v) is 9.96. The van der Waals surface area contributed by atoms with Gasteiger partial charge in [0, 0.05) is 18.1 Å². The van der Waals surface area contributed by atoms with Crippen molar-refractivity contribution >= 4 is 23.1 Å². The number of Topliss-reactive ketones (excluding diaryl/α,β-unsaturated/α-hetero) is 1. The predicted octanol–water partition coefficient (Wildman–Crippen LogP) is 4.03. The van der Waals surface area contributed by atoms with Gasteiger partial charge in [-0.2, -0.15) is 0 Å². The molecule has 1 N–H and O–H groups in total. The van der Waals surface area contributed by atoms with E-state index in [0.717, 1.165) is 5.56 Å². The lowest BCUT2D eigenvalue weighted by molar-refractivity contribution is -0.132. The average Bonchev–Trinajstić information content (AvgIpc) is 3.09. The molecule has 7 heteroatoms. The molecule has 32 heavy (non-hydrogen) atoms. The van der Waals surface area contributed by atoms with Gasteiger partial charge in [-0.25, -0.2) is 0 Å². The number of aryl methyl sites for hydroxylation is 1. The Labute approximate surface area is 185 Å². The zero-order valence-corrected chi connectivity index (χ0v) is 17.9. The maximum absolute atomic E-state index is 13.2. The van der Waals surface area contributed by atoms with E-state index in [1.165, 1.54) is 19.1 Å². The molecule has 0 radical (unpaired) electrons. The van der Waals surface area contributed by atoms with E-state index in [4.69, 9.17) is 9.47 Å². The van der Waals surface area contributed by atoms with Gasteiger partial charge in [0.1, 0.15) is 17.3 Å².